The van der Waals surface area contributed by atoms with Crippen LogP contribution in [0.2, 0.25) is 0 Å². The summed E-state index contributed by atoms with van der Waals surface area (Å²) in [6, 6.07) is 56.6. The monoisotopic (exact) mass is 853 g/mol. The van der Waals surface area contributed by atoms with E-state index < -0.39 is 0 Å². The molecule has 0 aliphatic carbocycles. The highest BCUT2D eigenvalue weighted by atomic mass is 15.2. The van der Waals surface area contributed by atoms with Crippen molar-refractivity contribution in [3.8, 4) is 11.1 Å². The van der Waals surface area contributed by atoms with E-state index in [-0.39, 0.29) is 33.8 Å². The molecule has 0 atom stereocenters. The molecule has 330 valence electrons. The Kier molecular flexibility index (Phi) is 10.5. The zero-order chi connectivity index (χ0) is 46.6. The number of hydrogen-bond acceptors (Lipinski definition) is 2. The SMILES string of the molecule is Cc1cc2c3c(c1)N(c1ccc(C(C)(C)c4ccccc4)cc1-c1ccc(C(C)(C)C)cc1)c1ccc(C(C)(C)C)cc1B3c1cc(C(C)(C)C)ccc1N2c1ccc(C(C)(C)C)cc1. The van der Waals surface area contributed by atoms with Gasteiger partial charge in [0.05, 0.1) is 5.69 Å². The van der Waals surface area contributed by atoms with E-state index in [1.54, 1.807) is 0 Å². The van der Waals surface area contributed by atoms with Crippen LogP contribution >= 0.6 is 0 Å². The van der Waals surface area contributed by atoms with Crippen molar-refractivity contribution in [2.45, 2.75) is 131 Å². The summed E-state index contributed by atoms with van der Waals surface area (Å²) in [6.07, 6.45) is 0. The van der Waals surface area contributed by atoms with Crippen LogP contribution < -0.4 is 26.2 Å². The van der Waals surface area contributed by atoms with Crippen LogP contribution in [0.1, 0.15) is 136 Å². The van der Waals surface area contributed by atoms with Crippen molar-refractivity contribution in [3.63, 3.8) is 0 Å². The fourth-order valence-electron chi connectivity index (χ4n) is 10.2. The predicted molar refractivity (Wildman–Crippen MR) is 284 cm³/mol. The molecule has 7 aromatic rings. The first-order valence-corrected chi connectivity index (χ1v) is 23.9. The maximum absolute atomic E-state index is 2.62. The lowest BCUT2D eigenvalue weighted by atomic mass is 9.33. The summed E-state index contributed by atoms with van der Waals surface area (Å²) in [4.78, 5) is 5.18. The molecule has 3 heteroatoms. The van der Waals surface area contributed by atoms with Gasteiger partial charge in [0.2, 0.25) is 0 Å². The van der Waals surface area contributed by atoms with Crippen LogP contribution in [0, 0.1) is 6.92 Å². The fourth-order valence-corrected chi connectivity index (χ4v) is 10.2. The maximum Gasteiger partial charge on any atom is 0.252 e. The Bertz CT molecular complexity index is 2930. The molecule has 0 fully saturated rings. The normalized spacial score (nSPS) is 14.0. The minimum Gasteiger partial charge on any atom is -0.311 e. The molecule has 2 heterocycles. The largest absolute Gasteiger partial charge is 0.311 e. The fraction of sp³-hybridized carbons (Fsp3) is 0.323. The number of benzene rings is 7. The highest BCUT2D eigenvalue weighted by molar-refractivity contribution is 7.00. The zero-order valence-corrected chi connectivity index (χ0v) is 41.8. The van der Waals surface area contributed by atoms with Crippen molar-refractivity contribution in [1.82, 2.24) is 0 Å². The molecule has 0 aromatic heterocycles. The Labute approximate surface area is 391 Å². The second-order valence-corrected chi connectivity index (χ2v) is 23.7. The van der Waals surface area contributed by atoms with Gasteiger partial charge in [0, 0.05) is 39.4 Å². The van der Waals surface area contributed by atoms with E-state index in [1.807, 2.05) is 0 Å². The quantitative estimate of drug-likeness (QED) is 0.159. The number of nitrogens with zero attached hydrogens (tertiary/aromatic N) is 2. The predicted octanol–water partition coefficient (Wildman–Crippen LogP) is 15.3. The molecule has 0 radical (unpaired) electrons. The molecular weight excluding hydrogens is 784 g/mol. The number of fused-ring (bicyclic) bond motifs is 4. The lowest BCUT2D eigenvalue weighted by molar-refractivity contribution is 0.590. The molecule has 0 N–H and O–H groups in total. The average Bonchev–Trinajstić information content (AvgIpc) is 3.25. The number of anilines is 6. The van der Waals surface area contributed by atoms with E-state index in [9.17, 15) is 0 Å². The molecule has 0 bridgehead atoms. The third-order valence-electron chi connectivity index (χ3n) is 14.5. The molecule has 9 rings (SSSR count). The van der Waals surface area contributed by atoms with Gasteiger partial charge in [-0.1, -0.05) is 194 Å². The molecule has 2 aliphatic rings. The minimum absolute atomic E-state index is 0.0197. The topological polar surface area (TPSA) is 6.48 Å². The molecule has 0 saturated carbocycles. The first-order chi connectivity index (χ1) is 30.4. The van der Waals surface area contributed by atoms with Gasteiger partial charge in [-0.2, -0.15) is 0 Å². The van der Waals surface area contributed by atoms with Gasteiger partial charge in [-0.05, 0) is 138 Å². The highest BCUT2D eigenvalue weighted by Gasteiger charge is 2.45. The van der Waals surface area contributed by atoms with Gasteiger partial charge in [-0.15, -0.1) is 0 Å². The third-order valence-corrected chi connectivity index (χ3v) is 14.5. The van der Waals surface area contributed by atoms with Crippen LogP contribution in [-0.4, -0.2) is 6.71 Å². The molecule has 7 aromatic carbocycles. The second-order valence-electron chi connectivity index (χ2n) is 23.7. The van der Waals surface area contributed by atoms with Gasteiger partial charge < -0.3 is 9.80 Å². The molecule has 2 nitrogen and oxygen atoms in total. The standard InChI is InChI=1S/C62H69BN2/c1-40-35-55-57-56(36-40)65(52-32-29-47(62(14,15)44-19-17-16-18-20-44)37-49(52)41-21-23-42(24-22-41)58(2,3)4)54-34-28-46(61(11,12)13)39-51(54)63(57)50-38-45(60(8,9)10)27-33-53(50)64(55)48-30-25-43(26-31-48)59(5,6)7/h16-39H,1-15H3. The molecule has 0 spiro atoms. The highest BCUT2D eigenvalue weighted by Crippen LogP contribution is 2.49. The molecule has 65 heavy (non-hydrogen) atoms. The van der Waals surface area contributed by atoms with Gasteiger partial charge >= 0.3 is 0 Å². The summed E-state index contributed by atoms with van der Waals surface area (Å²) in [7, 11) is 0. The van der Waals surface area contributed by atoms with Crippen LogP contribution in [0.4, 0.5) is 34.1 Å². The Balaban J connectivity index is 1.37. The molecule has 2 aliphatic heterocycles. The zero-order valence-electron chi connectivity index (χ0n) is 41.8. The van der Waals surface area contributed by atoms with E-state index >= 15 is 0 Å². The van der Waals surface area contributed by atoms with Crippen LogP contribution in [0.3, 0.4) is 0 Å². The summed E-state index contributed by atoms with van der Waals surface area (Å²) in [6.45, 7) is 34.9. The first kappa shape index (κ1) is 44.4. The third kappa shape index (κ3) is 7.83. The number of hydrogen-bond donors (Lipinski definition) is 0. The van der Waals surface area contributed by atoms with Crippen molar-refractivity contribution >= 4 is 57.2 Å². The maximum atomic E-state index is 2.62. The van der Waals surface area contributed by atoms with E-state index in [1.165, 1.54) is 101 Å². The Morgan fingerprint density at radius 3 is 1.29 bits per heavy atom. The van der Waals surface area contributed by atoms with Crippen LogP contribution in [-0.2, 0) is 27.1 Å². The van der Waals surface area contributed by atoms with Gasteiger partial charge in [0.25, 0.3) is 6.71 Å². The summed E-state index contributed by atoms with van der Waals surface area (Å²) in [5.41, 5.74) is 22.9. The Hall–Kier alpha value is -5.80. The van der Waals surface area contributed by atoms with E-state index in [0.29, 0.717) is 0 Å². The molecule has 0 saturated heterocycles. The average molecular weight is 853 g/mol. The minimum atomic E-state index is -0.216. The summed E-state index contributed by atoms with van der Waals surface area (Å²) in [5, 5.41) is 0. The lowest BCUT2D eigenvalue weighted by Gasteiger charge is -2.45. The van der Waals surface area contributed by atoms with Crippen molar-refractivity contribution < 1.29 is 0 Å². The van der Waals surface area contributed by atoms with E-state index in [4.69, 9.17) is 0 Å². The van der Waals surface area contributed by atoms with Crippen LogP contribution in [0.25, 0.3) is 11.1 Å². The van der Waals surface area contributed by atoms with Gasteiger partial charge in [-0.25, -0.2) is 0 Å². The van der Waals surface area contributed by atoms with Gasteiger partial charge in [-0.3, -0.25) is 0 Å². The van der Waals surface area contributed by atoms with Crippen molar-refractivity contribution in [2.75, 3.05) is 9.80 Å². The van der Waals surface area contributed by atoms with Crippen molar-refractivity contribution in [1.29, 1.82) is 0 Å². The molecule has 0 unspecified atom stereocenters. The van der Waals surface area contributed by atoms with Crippen molar-refractivity contribution in [2.24, 2.45) is 0 Å². The number of rotatable bonds is 5. The van der Waals surface area contributed by atoms with E-state index in [0.717, 1.165) is 0 Å². The Morgan fingerprint density at radius 1 is 0.354 bits per heavy atom. The van der Waals surface area contributed by atoms with Crippen LogP contribution in [0.5, 0.6) is 0 Å². The first-order valence-electron chi connectivity index (χ1n) is 23.9. The number of aryl methyl sites for hydroxylation is 1. The van der Waals surface area contributed by atoms with Crippen molar-refractivity contribution in [3.05, 3.63) is 185 Å². The summed E-state index contributed by atoms with van der Waals surface area (Å²) >= 11 is 0. The smallest absolute Gasteiger partial charge is 0.252 e. The Morgan fingerprint density at radius 2 is 0.785 bits per heavy atom. The second kappa shape index (κ2) is 15.4. The van der Waals surface area contributed by atoms with Gasteiger partial charge in [0.15, 0.2) is 0 Å². The van der Waals surface area contributed by atoms with E-state index in [2.05, 4.69) is 259 Å². The molecular formula is C62H69BN2. The summed E-state index contributed by atoms with van der Waals surface area (Å²) < 4.78 is 0. The van der Waals surface area contributed by atoms with Crippen LogP contribution in [0.15, 0.2) is 146 Å². The lowest BCUT2D eigenvalue weighted by Crippen LogP contribution is -2.61. The molecule has 0 amide bonds. The summed E-state index contributed by atoms with van der Waals surface area (Å²) in [5.74, 6) is 0. The van der Waals surface area contributed by atoms with Gasteiger partial charge in [0.1, 0.15) is 0 Å².